The molecule has 0 saturated heterocycles. The van der Waals surface area contributed by atoms with Gasteiger partial charge in [-0.15, -0.1) is 0 Å². The van der Waals surface area contributed by atoms with E-state index in [0.717, 1.165) is 40.8 Å². The fourth-order valence-electron chi connectivity index (χ4n) is 4.27. The van der Waals surface area contributed by atoms with Gasteiger partial charge in [0.05, 0.1) is 12.7 Å². The van der Waals surface area contributed by atoms with Crippen LogP contribution in [0, 0.1) is 0 Å². The Hall–Kier alpha value is -3.34. The largest absolute Gasteiger partial charge is 0.464 e. The van der Waals surface area contributed by atoms with Gasteiger partial charge in [-0.2, -0.15) is 0 Å². The van der Waals surface area contributed by atoms with Crippen molar-refractivity contribution in [1.29, 1.82) is 0 Å². The van der Waals surface area contributed by atoms with E-state index in [4.69, 9.17) is 4.42 Å². The van der Waals surface area contributed by atoms with Gasteiger partial charge in [-0.1, -0.05) is 30.3 Å². The number of nitrogens with zero attached hydrogens (tertiary/aromatic N) is 2. The molecule has 4 aromatic rings. The van der Waals surface area contributed by atoms with Crippen molar-refractivity contribution in [1.82, 2.24) is 14.9 Å². The van der Waals surface area contributed by atoms with Crippen LogP contribution >= 0.6 is 0 Å². The number of carbonyl (C=O) groups is 1. The molecule has 0 radical (unpaired) electrons. The third kappa shape index (κ3) is 3.33. The van der Waals surface area contributed by atoms with Crippen LogP contribution in [0.3, 0.4) is 0 Å². The summed E-state index contributed by atoms with van der Waals surface area (Å²) in [6.07, 6.45) is 9.06. The Balaban J connectivity index is 1.41. The van der Waals surface area contributed by atoms with Crippen LogP contribution in [0.5, 0.6) is 0 Å². The maximum atomic E-state index is 13.0. The number of rotatable bonds is 5. The lowest BCUT2D eigenvalue weighted by Gasteiger charge is -2.19. The fourth-order valence-corrected chi connectivity index (χ4v) is 4.27. The number of hydrogen-bond donors (Lipinski definition) is 1. The van der Waals surface area contributed by atoms with E-state index in [1.165, 1.54) is 17.5 Å². The van der Waals surface area contributed by atoms with Gasteiger partial charge in [-0.25, -0.2) is 4.98 Å². The summed E-state index contributed by atoms with van der Waals surface area (Å²) < 4.78 is 7.70. The molecule has 1 aliphatic carbocycles. The van der Waals surface area contributed by atoms with Crippen molar-refractivity contribution < 1.29 is 9.21 Å². The molecule has 0 aliphatic heterocycles. The topological polar surface area (TPSA) is 60.1 Å². The summed E-state index contributed by atoms with van der Waals surface area (Å²) in [5.41, 5.74) is 5.57. The van der Waals surface area contributed by atoms with E-state index < -0.39 is 0 Å². The predicted molar refractivity (Wildman–Crippen MR) is 112 cm³/mol. The molecule has 0 spiro atoms. The number of furan rings is 1. The molecule has 0 saturated carbocycles. The van der Waals surface area contributed by atoms with Gasteiger partial charge in [0.2, 0.25) is 5.91 Å². The van der Waals surface area contributed by atoms with Crippen LogP contribution in [0.4, 0.5) is 0 Å². The zero-order valence-corrected chi connectivity index (χ0v) is 16.4. The van der Waals surface area contributed by atoms with Gasteiger partial charge in [0.15, 0.2) is 0 Å². The van der Waals surface area contributed by atoms with Gasteiger partial charge in [-0.05, 0) is 48.1 Å². The van der Waals surface area contributed by atoms with E-state index in [9.17, 15) is 4.79 Å². The zero-order valence-electron chi connectivity index (χ0n) is 16.4. The zero-order chi connectivity index (χ0) is 19.8. The minimum absolute atomic E-state index is 0.0509. The number of carbonyl (C=O) groups excluding carboxylic acids is 1. The number of hydrogen-bond acceptors (Lipinski definition) is 3. The van der Waals surface area contributed by atoms with Crippen LogP contribution in [0.1, 0.15) is 40.5 Å². The summed E-state index contributed by atoms with van der Waals surface area (Å²) in [5, 5.41) is 4.22. The van der Waals surface area contributed by atoms with Crippen molar-refractivity contribution in [2.45, 2.75) is 31.7 Å². The highest BCUT2D eigenvalue weighted by Crippen LogP contribution is 2.30. The first-order valence-corrected chi connectivity index (χ1v) is 10.0. The Labute approximate surface area is 169 Å². The minimum Gasteiger partial charge on any atom is -0.464 e. The number of amides is 1. The molecule has 5 heteroatoms. The average molecular weight is 385 g/mol. The van der Waals surface area contributed by atoms with Gasteiger partial charge < -0.3 is 14.3 Å². The molecular formula is C24H23N3O2. The van der Waals surface area contributed by atoms with E-state index in [0.29, 0.717) is 0 Å². The molecule has 1 unspecified atom stereocenters. The minimum atomic E-state index is -0.300. The lowest BCUT2D eigenvalue weighted by molar-refractivity contribution is -0.121. The number of nitrogens with one attached hydrogen (secondary N) is 1. The van der Waals surface area contributed by atoms with Gasteiger partial charge in [0.1, 0.15) is 17.4 Å². The molecule has 0 fully saturated rings. The van der Waals surface area contributed by atoms with Crippen molar-refractivity contribution in [3.63, 3.8) is 0 Å². The third-order valence-electron chi connectivity index (χ3n) is 5.77. The summed E-state index contributed by atoms with van der Waals surface area (Å²) >= 11 is 0. The van der Waals surface area contributed by atoms with Crippen molar-refractivity contribution in [2.24, 2.45) is 7.05 Å². The highest BCUT2D eigenvalue weighted by atomic mass is 16.3. The van der Waals surface area contributed by atoms with Crippen LogP contribution in [-0.2, 0) is 31.1 Å². The summed E-state index contributed by atoms with van der Waals surface area (Å²) in [6.45, 7) is 0. The van der Waals surface area contributed by atoms with Gasteiger partial charge in [0, 0.05) is 30.4 Å². The molecule has 5 rings (SSSR count). The summed E-state index contributed by atoms with van der Waals surface area (Å²) in [6, 6.07) is 14.0. The van der Waals surface area contributed by atoms with Crippen LogP contribution in [0.15, 0.2) is 65.5 Å². The molecular weight excluding hydrogens is 362 g/mol. The highest BCUT2D eigenvalue weighted by Gasteiger charge is 2.22. The van der Waals surface area contributed by atoms with Crippen molar-refractivity contribution in [2.75, 3.05) is 0 Å². The summed E-state index contributed by atoms with van der Waals surface area (Å²) in [4.78, 5) is 17.4. The van der Waals surface area contributed by atoms with E-state index in [-0.39, 0.29) is 18.4 Å². The van der Waals surface area contributed by atoms with Crippen LogP contribution in [0.25, 0.3) is 11.0 Å². The number of benzene rings is 2. The molecule has 1 amide bonds. The molecule has 2 heterocycles. The maximum Gasteiger partial charge on any atom is 0.225 e. The van der Waals surface area contributed by atoms with E-state index in [1.807, 2.05) is 48.1 Å². The second kappa shape index (κ2) is 7.24. The number of fused-ring (bicyclic) bond motifs is 2. The first-order valence-electron chi connectivity index (χ1n) is 10.0. The quantitative estimate of drug-likeness (QED) is 0.563. The molecule has 2 aromatic carbocycles. The Bertz CT molecular complexity index is 1170. The average Bonchev–Trinajstić information content (AvgIpc) is 3.46. The molecule has 0 bridgehead atoms. The van der Waals surface area contributed by atoms with Gasteiger partial charge in [0.25, 0.3) is 0 Å². The molecule has 146 valence electrons. The predicted octanol–water partition coefficient (Wildman–Crippen LogP) is 4.10. The standard InChI is InChI=1S/C24H23N3O2/c1-27-11-10-25-24(27)23(16-6-3-2-4-7-16)26-22(28)14-19-15-29-21-13-18-9-5-8-17(18)12-20(19)21/h2-4,6-7,10-13,15,23H,5,8-9,14H2,1H3,(H,26,28). The molecule has 1 aliphatic rings. The molecule has 1 atom stereocenters. The lowest BCUT2D eigenvalue weighted by Crippen LogP contribution is -2.32. The third-order valence-corrected chi connectivity index (χ3v) is 5.77. The normalized spacial score (nSPS) is 14.1. The molecule has 2 aromatic heterocycles. The summed E-state index contributed by atoms with van der Waals surface area (Å²) in [7, 11) is 1.94. The Morgan fingerprint density at radius 1 is 1.21 bits per heavy atom. The smallest absolute Gasteiger partial charge is 0.225 e. The monoisotopic (exact) mass is 385 g/mol. The van der Waals surface area contributed by atoms with Crippen molar-refractivity contribution in [3.05, 3.63) is 89.2 Å². The van der Waals surface area contributed by atoms with E-state index >= 15 is 0 Å². The van der Waals surface area contributed by atoms with E-state index in [1.54, 1.807) is 12.5 Å². The maximum absolute atomic E-state index is 13.0. The Kier molecular flexibility index (Phi) is 4.43. The molecule has 1 N–H and O–H groups in total. The number of aromatic nitrogens is 2. The van der Waals surface area contributed by atoms with Crippen LogP contribution < -0.4 is 5.32 Å². The fraction of sp³-hybridized carbons (Fsp3) is 0.250. The second-order valence-electron chi connectivity index (χ2n) is 7.72. The lowest BCUT2D eigenvalue weighted by atomic mass is 10.0. The second-order valence-corrected chi connectivity index (χ2v) is 7.72. The first kappa shape index (κ1) is 17.7. The highest BCUT2D eigenvalue weighted by molar-refractivity contribution is 5.89. The summed E-state index contributed by atoms with van der Waals surface area (Å²) in [5.74, 6) is 0.754. The van der Waals surface area contributed by atoms with Crippen LogP contribution in [0.2, 0.25) is 0 Å². The SMILES string of the molecule is Cn1ccnc1C(NC(=O)Cc1coc2cc3c(cc12)CCC3)c1ccccc1. The van der Waals surface area contributed by atoms with Crippen molar-refractivity contribution >= 4 is 16.9 Å². The molecule has 29 heavy (non-hydrogen) atoms. The van der Waals surface area contributed by atoms with Crippen molar-refractivity contribution in [3.8, 4) is 0 Å². The Morgan fingerprint density at radius 2 is 2.00 bits per heavy atom. The van der Waals surface area contributed by atoms with Crippen LogP contribution in [-0.4, -0.2) is 15.5 Å². The Morgan fingerprint density at radius 3 is 2.76 bits per heavy atom. The van der Waals surface area contributed by atoms with Gasteiger partial charge in [-0.3, -0.25) is 4.79 Å². The first-order chi connectivity index (χ1) is 14.2. The van der Waals surface area contributed by atoms with E-state index in [2.05, 4.69) is 22.4 Å². The molecule has 5 nitrogen and oxygen atoms in total. The number of aryl methyl sites for hydroxylation is 3. The number of imidazole rings is 1. The van der Waals surface area contributed by atoms with Gasteiger partial charge >= 0.3 is 0 Å².